The summed E-state index contributed by atoms with van der Waals surface area (Å²) < 4.78 is 20.7. The number of benzene rings is 2. The number of methoxy groups -OCH3 is 4. The van der Waals surface area contributed by atoms with E-state index in [1.165, 1.54) is 14.2 Å². The van der Waals surface area contributed by atoms with Crippen molar-refractivity contribution in [2.45, 2.75) is 12.5 Å². The van der Waals surface area contributed by atoms with Gasteiger partial charge in [0.1, 0.15) is 0 Å². The van der Waals surface area contributed by atoms with E-state index in [0.717, 1.165) is 5.56 Å². The smallest absolute Gasteiger partial charge is 0.336 e. The molecular weight excluding hydrogens is 434 g/mol. The monoisotopic (exact) mass is 457 g/mol. The van der Waals surface area contributed by atoms with Crippen LogP contribution in [-0.4, -0.2) is 45.3 Å². The summed E-state index contributed by atoms with van der Waals surface area (Å²) in [5.41, 5.74) is 2.21. The van der Waals surface area contributed by atoms with Gasteiger partial charge < -0.3 is 23.8 Å². The molecular formula is C24H24ClNO6. The summed E-state index contributed by atoms with van der Waals surface area (Å²) in [7, 11) is 5.73. The molecule has 7 nitrogen and oxygen atoms in total. The summed E-state index contributed by atoms with van der Waals surface area (Å²) in [6.45, 7) is 0.370. The predicted molar refractivity (Wildman–Crippen MR) is 119 cm³/mol. The van der Waals surface area contributed by atoms with Gasteiger partial charge in [-0.15, -0.1) is 0 Å². The molecule has 0 N–H and O–H groups in total. The Morgan fingerprint density at radius 1 is 0.844 bits per heavy atom. The zero-order valence-corrected chi connectivity index (χ0v) is 19.0. The third-order valence-corrected chi connectivity index (χ3v) is 5.34. The van der Waals surface area contributed by atoms with Gasteiger partial charge in [-0.3, -0.25) is 0 Å². The Balaban J connectivity index is 2.05. The first-order valence-corrected chi connectivity index (χ1v) is 10.1. The molecule has 2 aromatic carbocycles. The zero-order chi connectivity index (χ0) is 23.3. The largest absolute Gasteiger partial charge is 0.493 e. The van der Waals surface area contributed by atoms with E-state index in [-0.39, 0.29) is 0 Å². The number of esters is 2. The Morgan fingerprint density at radius 3 is 1.91 bits per heavy atom. The second-order valence-electron chi connectivity index (χ2n) is 7.00. The molecule has 0 bridgehead atoms. The number of carbonyl (C=O) groups is 2. The molecule has 0 aliphatic carbocycles. The first kappa shape index (κ1) is 23.2. The van der Waals surface area contributed by atoms with Gasteiger partial charge in [-0.2, -0.15) is 0 Å². The molecule has 1 heterocycles. The van der Waals surface area contributed by atoms with Crippen LogP contribution in [-0.2, 0) is 25.6 Å². The fourth-order valence-electron chi connectivity index (χ4n) is 3.58. The molecule has 0 amide bonds. The molecule has 2 aromatic rings. The van der Waals surface area contributed by atoms with E-state index < -0.39 is 17.9 Å². The summed E-state index contributed by atoms with van der Waals surface area (Å²) in [5.74, 6) is -0.563. The molecule has 0 atom stereocenters. The lowest BCUT2D eigenvalue weighted by Gasteiger charge is -2.30. The molecule has 1 aliphatic heterocycles. The molecule has 1 aliphatic rings. The van der Waals surface area contributed by atoms with E-state index in [1.807, 2.05) is 12.1 Å². The highest BCUT2D eigenvalue weighted by atomic mass is 35.5. The predicted octanol–water partition coefficient (Wildman–Crippen LogP) is 4.07. The van der Waals surface area contributed by atoms with Crippen LogP contribution in [0.2, 0.25) is 5.02 Å². The maximum Gasteiger partial charge on any atom is 0.336 e. The van der Waals surface area contributed by atoms with Gasteiger partial charge in [0.25, 0.3) is 0 Å². The maximum atomic E-state index is 12.7. The van der Waals surface area contributed by atoms with E-state index >= 15 is 0 Å². The van der Waals surface area contributed by atoms with Gasteiger partial charge in [-0.1, -0.05) is 29.8 Å². The molecule has 168 valence electrons. The van der Waals surface area contributed by atoms with Gasteiger partial charge in [0.2, 0.25) is 0 Å². The Hall–Kier alpha value is -3.45. The third-order valence-electron chi connectivity index (χ3n) is 5.09. The van der Waals surface area contributed by atoms with Crippen LogP contribution in [0.25, 0.3) is 0 Å². The molecule has 0 saturated carbocycles. The van der Waals surface area contributed by atoms with Gasteiger partial charge in [0.15, 0.2) is 11.5 Å². The second-order valence-corrected chi connectivity index (χ2v) is 7.43. The maximum absolute atomic E-state index is 12.7. The number of halogens is 1. The quantitative estimate of drug-likeness (QED) is 0.580. The Labute approximate surface area is 191 Å². The van der Waals surface area contributed by atoms with E-state index in [9.17, 15) is 9.59 Å². The van der Waals surface area contributed by atoms with Crippen molar-refractivity contribution >= 4 is 23.5 Å². The molecule has 0 unspecified atom stereocenters. The van der Waals surface area contributed by atoms with Gasteiger partial charge in [-0.25, -0.2) is 9.59 Å². The summed E-state index contributed by atoms with van der Waals surface area (Å²) >= 11 is 6.02. The van der Waals surface area contributed by atoms with Crippen molar-refractivity contribution in [2.24, 2.45) is 0 Å². The third kappa shape index (κ3) is 4.89. The van der Waals surface area contributed by atoms with Crippen LogP contribution in [0.15, 0.2) is 66.0 Å². The van der Waals surface area contributed by atoms with Crippen molar-refractivity contribution in [2.75, 3.05) is 28.4 Å². The lowest BCUT2D eigenvalue weighted by atomic mass is 9.83. The van der Waals surface area contributed by atoms with E-state index in [0.29, 0.717) is 39.8 Å². The summed E-state index contributed by atoms with van der Waals surface area (Å²) in [5, 5.41) is 0.548. The molecule has 0 aromatic heterocycles. The molecule has 0 radical (unpaired) electrons. The van der Waals surface area contributed by atoms with Crippen LogP contribution in [0.5, 0.6) is 11.5 Å². The molecule has 8 heteroatoms. The molecule has 32 heavy (non-hydrogen) atoms. The Kier molecular flexibility index (Phi) is 7.43. The lowest BCUT2D eigenvalue weighted by Crippen LogP contribution is -2.28. The zero-order valence-electron chi connectivity index (χ0n) is 18.3. The van der Waals surface area contributed by atoms with Crippen LogP contribution in [0.3, 0.4) is 0 Å². The molecule has 3 rings (SSSR count). The highest BCUT2D eigenvalue weighted by Gasteiger charge is 2.35. The fraction of sp³-hybridized carbons (Fsp3) is 0.250. The summed E-state index contributed by atoms with van der Waals surface area (Å²) in [6, 6.07) is 12.5. The average Bonchev–Trinajstić information content (AvgIpc) is 2.83. The van der Waals surface area contributed by atoms with E-state index in [2.05, 4.69) is 0 Å². The molecule has 0 spiro atoms. The number of ether oxygens (including phenoxy) is 4. The number of carbonyl (C=O) groups excluding carboxylic acids is 2. The van der Waals surface area contributed by atoms with Crippen molar-refractivity contribution in [3.8, 4) is 11.5 Å². The summed E-state index contributed by atoms with van der Waals surface area (Å²) in [6.07, 6.45) is 3.35. The minimum absolute atomic E-state index is 0.304. The van der Waals surface area contributed by atoms with Crippen LogP contribution < -0.4 is 9.47 Å². The SMILES string of the molecule is COC(=O)C1=CN(Cc2ccc(OC)c(OC)c2)C=C(C(=O)OC)C1c1ccc(Cl)cc1. The minimum Gasteiger partial charge on any atom is -0.493 e. The van der Waals surface area contributed by atoms with E-state index in [1.54, 1.807) is 61.9 Å². The van der Waals surface area contributed by atoms with Crippen LogP contribution in [0.4, 0.5) is 0 Å². The van der Waals surface area contributed by atoms with Crippen molar-refractivity contribution < 1.29 is 28.5 Å². The highest BCUT2D eigenvalue weighted by Crippen LogP contribution is 2.38. The van der Waals surface area contributed by atoms with Gasteiger partial charge in [0.05, 0.1) is 45.5 Å². The van der Waals surface area contributed by atoms with Gasteiger partial charge in [0, 0.05) is 24.0 Å². The highest BCUT2D eigenvalue weighted by molar-refractivity contribution is 6.30. The van der Waals surface area contributed by atoms with Crippen molar-refractivity contribution in [3.63, 3.8) is 0 Å². The van der Waals surface area contributed by atoms with Crippen LogP contribution in [0.1, 0.15) is 17.0 Å². The number of hydrogen-bond donors (Lipinski definition) is 0. The normalized spacial score (nSPS) is 13.7. The minimum atomic E-state index is -0.658. The van der Waals surface area contributed by atoms with Crippen molar-refractivity contribution in [1.29, 1.82) is 0 Å². The Bertz CT molecular complexity index is 1030. The Morgan fingerprint density at radius 2 is 1.41 bits per heavy atom. The van der Waals surface area contributed by atoms with Crippen molar-refractivity contribution in [3.05, 3.63) is 82.2 Å². The second kappa shape index (κ2) is 10.2. The first-order chi connectivity index (χ1) is 15.4. The summed E-state index contributed by atoms with van der Waals surface area (Å²) in [4.78, 5) is 27.1. The first-order valence-electron chi connectivity index (χ1n) is 9.74. The number of hydrogen-bond acceptors (Lipinski definition) is 7. The number of nitrogens with zero attached hydrogens (tertiary/aromatic N) is 1. The van der Waals surface area contributed by atoms with Crippen LogP contribution >= 0.6 is 11.6 Å². The van der Waals surface area contributed by atoms with Gasteiger partial charge in [-0.05, 0) is 35.4 Å². The topological polar surface area (TPSA) is 74.3 Å². The van der Waals surface area contributed by atoms with Crippen LogP contribution in [0, 0.1) is 0 Å². The molecule has 0 saturated heterocycles. The standard InChI is InChI=1S/C24H24ClNO6/c1-29-20-10-5-15(11-21(20)30-2)12-26-13-18(23(27)31-3)22(19(14-26)24(28)32-4)16-6-8-17(25)9-7-16/h5-11,13-14,22H,12H2,1-4H3. The van der Waals surface area contributed by atoms with Gasteiger partial charge >= 0.3 is 11.9 Å². The lowest BCUT2D eigenvalue weighted by molar-refractivity contribution is -0.137. The average molecular weight is 458 g/mol. The molecule has 0 fully saturated rings. The van der Waals surface area contributed by atoms with E-state index in [4.69, 9.17) is 30.5 Å². The number of rotatable bonds is 7. The fourth-order valence-corrected chi connectivity index (χ4v) is 3.71. The van der Waals surface area contributed by atoms with Crippen molar-refractivity contribution in [1.82, 2.24) is 4.90 Å².